The first-order valence-corrected chi connectivity index (χ1v) is 10.7. The number of benzene rings is 1. The van der Waals surface area contributed by atoms with Crippen molar-refractivity contribution in [3.63, 3.8) is 0 Å². The summed E-state index contributed by atoms with van der Waals surface area (Å²) in [5.41, 5.74) is 10.6. The van der Waals surface area contributed by atoms with Gasteiger partial charge in [0, 0.05) is 21.7 Å². The lowest BCUT2D eigenvalue weighted by Gasteiger charge is -2.20. The summed E-state index contributed by atoms with van der Waals surface area (Å²) in [4.78, 5) is 19.0. The number of nitrogens with two attached hydrogens (primary N) is 1. The van der Waals surface area contributed by atoms with Gasteiger partial charge in [0.2, 0.25) is 0 Å². The van der Waals surface area contributed by atoms with Crippen LogP contribution in [0.3, 0.4) is 0 Å². The normalized spacial score (nSPS) is 16.3. The average Bonchev–Trinajstić information content (AvgIpc) is 3.20. The number of carbonyl (C=O) groups excluding carboxylic acids is 1. The van der Waals surface area contributed by atoms with Crippen molar-refractivity contribution < 1.29 is 9.53 Å². The Labute approximate surface area is 179 Å². The number of ether oxygens (including phenoxy) is 1. The van der Waals surface area contributed by atoms with Gasteiger partial charge in [0.05, 0.1) is 18.7 Å². The number of aliphatic imine (C=N–C) groups is 1. The molecule has 4 rings (SSSR count). The number of anilines is 1. The van der Waals surface area contributed by atoms with Crippen LogP contribution in [-0.4, -0.2) is 33.6 Å². The molecule has 0 fully saturated rings. The minimum atomic E-state index is -0.504. The third kappa shape index (κ3) is 3.11. The van der Waals surface area contributed by atoms with E-state index in [0.717, 1.165) is 33.2 Å². The molecule has 1 aromatic carbocycles. The Morgan fingerprint density at radius 2 is 1.93 bits per heavy atom. The van der Waals surface area contributed by atoms with E-state index in [0.29, 0.717) is 17.9 Å². The monoisotopic (exact) mass is 423 g/mol. The maximum atomic E-state index is 12.6. The number of aromatic nitrogens is 3. The van der Waals surface area contributed by atoms with Crippen LogP contribution >= 0.6 is 11.3 Å². The van der Waals surface area contributed by atoms with Crippen LogP contribution in [0.1, 0.15) is 52.6 Å². The second kappa shape index (κ2) is 7.68. The summed E-state index contributed by atoms with van der Waals surface area (Å²) >= 11 is 1.69. The molecule has 156 valence electrons. The van der Waals surface area contributed by atoms with Gasteiger partial charge in [-0.2, -0.15) is 0 Å². The quantitative estimate of drug-likeness (QED) is 0.507. The van der Waals surface area contributed by atoms with Crippen molar-refractivity contribution in [3.05, 3.63) is 57.5 Å². The van der Waals surface area contributed by atoms with Gasteiger partial charge in [0.25, 0.3) is 0 Å². The average molecular weight is 424 g/mol. The number of nitrogen functional groups attached to an aromatic ring is 1. The van der Waals surface area contributed by atoms with Gasteiger partial charge in [-0.15, -0.1) is 21.5 Å². The largest absolute Gasteiger partial charge is 0.469 e. The summed E-state index contributed by atoms with van der Waals surface area (Å²) in [5.74, 6) is 0.675. The number of hydrogen-bond donors (Lipinski definition) is 1. The molecule has 0 bridgehead atoms. The van der Waals surface area contributed by atoms with E-state index in [2.05, 4.69) is 24.0 Å². The fourth-order valence-corrected chi connectivity index (χ4v) is 5.14. The smallest absolute Gasteiger partial charge is 0.311 e. The van der Waals surface area contributed by atoms with Crippen LogP contribution < -0.4 is 5.73 Å². The van der Waals surface area contributed by atoms with E-state index >= 15 is 0 Å². The molecule has 3 aromatic rings. The highest BCUT2D eigenvalue weighted by Gasteiger charge is 2.38. The minimum absolute atomic E-state index is 0.298. The molecule has 0 aliphatic carbocycles. The van der Waals surface area contributed by atoms with Crippen molar-refractivity contribution in [1.29, 1.82) is 0 Å². The number of thiophene rings is 1. The summed E-state index contributed by atoms with van der Waals surface area (Å²) in [6.45, 7) is 8.10. The highest BCUT2D eigenvalue weighted by Crippen LogP contribution is 2.41. The van der Waals surface area contributed by atoms with Crippen LogP contribution in [-0.2, 0) is 9.53 Å². The fourth-order valence-electron chi connectivity index (χ4n) is 3.93. The number of fused-ring (bicyclic) bond motifs is 3. The van der Waals surface area contributed by atoms with Gasteiger partial charge in [-0.3, -0.25) is 14.4 Å². The van der Waals surface area contributed by atoms with Crippen LogP contribution in [0.15, 0.2) is 29.3 Å². The molecule has 3 heterocycles. The summed E-state index contributed by atoms with van der Waals surface area (Å²) < 4.78 is 7.14. The lowest BCUT2D eigenvalue weighted by atomic mass is 9.95. The fraction of sp³-hybridized carbons (Fsp3) is 0.364. The van der Waals surface area contributed by atoms with Crippen LogP contribution in [0.5, 0.6) is 0 Å². The molecule has 30 heavy (non-hydrogen) atoms. The molecule has 0 radical (unpaired) electrons. The van der Waals surface area contributed by atoms with Crippen LogP contribution in [0.4, 0.5) is 5.69 Å². The molecule has 0 saturated heterocycles. The standard InChI is InChI=1S/C22H25N5O2S/c1-6-16(22(28)29-5)19-20-26-25-13(4)27(20)21-17(11(2)12(3)30-21)18(24-19)14-7-9-15(23)10-8-14/h7-10,16,19H,6,23H2,1-5H3/t16-,19+/m1/s1. The van der Waals surface area contributed by atoms with Crippen LogP contribution in [0.2, 0.25) is 0 Å². The van der Waals surface area contributed by atoms with E-state index in [1.54, 1.807) is 11.3 Å². The van der Waals surface area contributed by atoms with Gasteiger partial charge < -0.3 is 10.5 Å². The Bertz CT molecular complexity index is 1140. The third-order valence-corrected chi connectivity index (χ3v) is 6.89. The number of nitrogens with zero attached hydrogens (tertiary/aromatic N) is 4. The predicted octanol–water partition coefficient (Wildman–Crippen LogP) is 3.93. The van der Waals surface area contributed by atoms with Gasteiger partial charge in [-0.1, -0.05) is 19.1 Å². The Hall–Kier alpha value is -3.00. The second-order valence-electron chi connectivity index (χ2n) is 7.49. The van der Waals surface area contributed by atoms with E-state index in [9.17, 15) is 4.79 Å². The summed E-state index contributed by atoms with van der Waals surface area (Å²) in [5, 5.41) is 9.80. The molecule has 0 unspecified atom stereocenters. The van der Waals surface area contributed by atoms with Crippen molar-refractivity contribution in [2.45, 2.75) is 40.2 Å². The second-order valence-corrected chi connectivity index (χ2v) is 8.69. The van der Waals surface area contributed by atoms with Gasteiger partial charge in [0.1, 0.15) is 16.9 Å². The first-order chi connectivity index (χ1) is 14.4. The summed E-state index contributed by atoms with van der Waals surface area (Å²) in [7, 11) is 1.41. The molecular weight excluding hydrogens is 398 g/mol. The SMILES string of the molecule is CC[C@@H](C(=O)OC)[C@@H]1N=C(c2ccc(N)cc2)c2c(sc(C)c2C)-n2c(C)nnc21. The Morgan fingerprint density at radius 3 is 2.57 bits per heavy atom. The lowest BCUT2D eigenvalue weighted by Crippen LogP contribution is -2.24. The van der Waals surface area contributed by atoms with Crippen molar-refractivity contribution in [3.8, 4) is 5.00 Å². The molecule has 0 spiro atoms. The first-order valence-electron chi connectivity index (χ1n) is 9.91. The number of carbonyl (C=O) groups is 1. The van der Waals surface area contributed by atoms with Gasteiger partial charge >= 0.3 is 5.97 Å². The van der Waals surface area contributed by atoms with Gasteiger partial charge in [0.15, 0.2) is 5.82 Å². The Balaban J connectivity index is 2.05. The van der Waals surface area contributed by atoms with Crippen molar-refractivity contribution in [2.24, 2.45) is 10.9 Å². The van der Waals surface area contributed by atoms with E-state index in [4.69, 9.17) is 15.5 Å². The van der Waals surface area contributed by atoms with Gasteiger partial charge in [-0.05, 0) is 44.9 Å². The van der Waals surface area contributed by atoms with E-state index in [1.807, 2.05) is 42.7 Å². The molecule has 1 aliphatic rings. The molecule has 0 saturated carbocycles. The molecule has 2 aromatic heterocycles. The zero-order valence-electron chi connectivity index (χ0n) is 17.8. The predicted molar refractivity (Wildman–Crippen MR) is 118 cm³/mol. The Morgan fingerprint density at radius 1 is 1.23 bits per heavy atom. The molecular formula is C22H25N5O2S. The topological polar surface area (TPSA) is 95.4 Å². The molecule has 2 N–H and O–H groups in total. The maximum absolute atomic E-state index is 12.6. The highest BCUT2D eigenvalue weighted by atomic mass is 32.1. The zero-order chi connectivity index (χ0) is 21.6. The molecule has 2 atom stereocenters. The summed E-state index contributed by atoms with van der Waals surface area (Å²) in [6.07, 6.45) is 0.577. The lowest BCUT2D eigenvalue weighted by molar-refractivity contribution is -0.146. The molecule has 8 heteroatoms. The van der Waals surface area contributed by atoms with Crippen molar-refractivity contribution in [2.75, 3.05) is 12.8 Å². The molecule has 1 aliphatic heterocycles. The first kappa shape index (κ1) is 20.3. The molecule has 7 nitrogen and oxygen atoms in total. The minimum Gasteiger partial charge on any atom is -0.469 e. The van der Waals surface area contributed by atoms with Crippen LogP contribution in [0.25, 0.3) is 5.00 Å². The van der Waals surface area contributed by atoms with E-state index in [1.165, 1.54) is 12.0 Å². The van der Waals surface area contributed by atoms with Crippen molar-refractivity contribution in [1.82, 2.24) is 14.8 Å². The number of esters is 1. The summed E-state index contributed by atoms with van der Waals surface area (Å²) in [6, 6.07) is 7.18. The van der Waals surface area contributed by atoms with Gasteiger partial charge in [-0.25, -0.2) is 0 Å². The molecule has 0 amide bonds. The Kier molecular flexibility index (Phi) is 5.19. The number of aryl methyl sites for hydroxylation is 2. The third-order valence-electron chi connectivity index (χ3n) is 5.70. The highest BCUT2D eigenvalue weighted by molar-refractivity contribution is 7.15. The van der Waals surface area contributed by atoms with E-state index < -0.39 is 12.0 Å². The van der Waals surface area contributed by atoms with Crippen molar-refractivity contribution >= 4 is 28.7 Å². The zero-order valence-corrected chi connectivity index (χ0v) is 18.6. The number of rotatable bonds is 4. The maximum Gasteiger partial charge on any atom is 0.311 e. The van der Waals surface area contributed by atoms with Crippen LogP contribution in [0, 0.1) is 26.7 Å². The number of methoxy groups -OCH3 is 1. The number of hydrogen-bond acceptors (Lipinski definition) is 7. The van der Waals surface area contributed by atoms with E-state index in [-0.39, 0.29) is 5.97 Å².